The Balaban J connectivity index is 2.07. The summed E-state index contributed by atoms with van der Waals surface area (Å²) < 4.78 is 29.2. The smallest absolute Gasteiger partial charge is 0.264 e. The number of carbonyl (C=O) groups excluding carboxylic acids is 2. The van der Waals surface area contributed by atoms with Crippen molar-refractivity contribution in [3.05, 3.63) is 95.1 Å². The van der Waals surface area contributed by atoms with Gasteiger partial charge in [-0.15, -0.1) is 0 Å². The molecule has 41 heavy (non-hydrogen) atoms. The summed E-state index contributed by atoms with van der Waals surface area (Å²) >= 11 is 0. The van der Waals surface area contributed by atoms with Crippen LogP contribution in [0.25, 0.3) is 0 Å². The van der Waals surface area contributed by atoms with Crippen LogP contribution in [0.2, 0.25) is 0 Å². The normalized spacial score (nSPS) is 12.2. The van der Waals surface area contributed by atoms with Gasteiger partial charge in [-0.25, -0.2) is 8.42 Å². The highest BCUT2D eigenvalue weighted by molar-refractivity contribution is 7.92. The number of hydrogen-bond acceptors (Lipinski definition) is 4. The van der Waals surface area contributed by atoms with Gasteiger partial charge in [0, 0.05) is 13.1 Å². The third-order valence-corrected chi connectivity index (χ3v) is 8.89. The van der Waals surface area contributed by atoms with E-state index in [2.05, 4.69) is 19.2 Å². The topological polar surface area (TPSA) is 86.8 Å². The molecule has 2 amide bonds. The SMILES string of the molecule is CCCNC(=O)[C@@H](CC)N(Cc1cccc(C)c1)C(=O)CN(c1ccc(C(C)C)cc1)S(=O)(=O)c1ccc(C)cc1. The molecule has 0 bridgehead atoms. The molecule has 0 aliphatic carbocycles. The average Bonchev–Trinajstić information content (AvgIpc) is 2.94. The summed E-state index contributed by atoms with van der Waals surface area (Å²) in [5, 5.41) is 2.91. The molecule has 0 saturated carbocycles. The lowest BCUT2D eigenvalue weighted by molar-refractivity contribution is -0.140. The molecule has 3 aromatic carbocycles. The summed E-state index contributed by atoms with van der Waals surface area (Å²) in [5.74, 6) is -0.428. The fourth-order valence-corrected chi connectivity index (χ4v) is 6.10. The third-order valence-electron chi connectivity index (χ3n) is 7.11. The van der Waals surface area contributed by atoms with E-state index in [0.717, 1.165) is 33.0 Å². The number of rotatable bonds is 13. The van der Waals surface area contributed by atoms with Crippen LogP contribution in [0, 0.1) is 13.8 Å². The molecular formula is C33H43N3O4S. The van der Waals surface area contributed by atoms with Crippen molar-refractivity contribution < 1.29 is 18.0 Å². The fourth-order valence-electron chi connectivity index (χ4n) is 4.68. The standard InChI is InChI=1S/C33H43N3O4S/c1-7-20-34-33(38)31(8-2)35(22-27-11-9-10-26(6)21-27)32(37)23-36(29-16-14-28(15-17-29)24(3)4)41(39,40)30-18-12-25(5)13-19-30/h9-19,21,24,31H,7-8,20,22-23H2,1-6H3,(H,34,38)/t31-/m1/s1. The monoisotopic (exact) mass is 577 g/mol. The Hall–Kier alpha value is -3.65. The molecule has 0 aromatic heterocycles. The Morgan fingerprint density at radius 1 is 0.878 bits per heavy atom. The lowest BCUT2D eigenvalue weighted by Gasteiger charge is -2.33. The maximum Gasteiger partial charge on any atom is 0.264 e. The summed E-state index contributed by atoms with van der Waals surface area (Å²) in [4.78, 5) is 29.0. The molecule has 7 nitrogen and oxygen atoms in total. The van der Waals surface area contributed by atoms with Crippen LogP contribution in [0.5, 0.6) is 0 Å². The molecule has 0 unspecified atom stereocenters. The molecule has 0 spiro atoms. The first kappa shape index (κ1) is 31.9. The first-order valence-electron chi connectivity index (χ1n) is 14.3. The van der Waals surface area contributed by atoms with Gasteiger partial charge in [-0.2, -0.15) is 0 Å². The Kier molecular flexibility index (Phi) is 11.1. The molecule has 8 heteroatoms. The number of hydrogen-bond donors (Lipinski definition) is 1. The van der Waals surface area contributed by atoms with Crippen molar-refractivity contribution in [3.63, 3.8) is 0 Å². The second-order valence-corrected chi connectivity index (χ2v) is 12.7. The summed E-state index contributed by atoms with van der Waals surface area (Å²) in [6.45, 7) is 12.1. The van der Waals surface area contributed by atoms with Crippen molar-refractivity contribution in [2.45, 2.75) is 77.8 Å². The molecule has 0 saturated heterocycles. The second-order valence-electron chi connectivity index (χ2n) is 10.8. The minimum absolute atomic E-state index is 0.0989. The number of anilines is 1. The highest BCUT2D eigenvalue weighted by Gasteiger charge is 2.33. The maximum atomic E-state index is 14.1. The third kappa shape index (κ3) is 8.19. The number of nitrogens with one attached hydrogen (secondary N) is 1. The molecule has 1 N–H and O–H groups in total. The molecular weight excluding hydrogens is 534 g/mol. The molecule has 3 aromatic rings. The van der Waals surface area contributed by atoms with Crippen LogP contribution >= 0.6 is 0 Å². The van der Waals surface area contributed by atoms with Gasteiger partial charge in [0.1, 0.15) is 12.6 Å². The van der Waals surface area contributed by atoms with E-state index in [1.54, 1.807) is 36.4 Å². The minimum atomic E-state index is -4.09. The van der Waals surface area contributed by atoms with Crippen LogP contribution in [-0.4, -0.2) is 44.3 Å². The van der Waals surface area contributed by atoms with Gasteiger partial charge in [0.05, 0.1) is 10.6 Å². The Morgan fingerprint density at radius 2 is 1.54 bits per heavy atom. The lowest BCUT2D eigenvalue weighted by Crippen LogP contribution is -2.52. The molecule has 0 aliphatic rings. The van der Waals surface area contributed by atoms with Crippen molar-refractivity contribution in [1.82, 2.24) is 10.2 Å². The van der Waals surface area contributed by atoms with E-state index in [9.17, 15) is 18.0 Å². The first-order chi connectivity index (χ1) is 19.5. The minimum Gasteiger partial charge on any atom is -0.354 e. The summed E-state index contributed by atoms with van der Waals surface area (Å²) in [6.07, 6.45) is 1.16. The van der Waals surface area contributed by atoms with Gasteiger partial charge in [-0.3, -0.25) is 13.9 Å². The van der Waals surface area contributed by atoms with E-state index < -0.39 is 28.5 Å². The Labute approximate surface area is 245 Å². The van der Waals surface area contributed by atoms with Crippen LogP contribution in [0.3, 0.4) is 0 Å². The van der Waals surface area contributed by atoms with Crippen molar-refractivity contribution in [3.8, 4) is 0 Å². The number of benzene rings is 3. The number of amides is 2. The van der Waals surface area contributed by atoms with Crippen LogP contribution < -0.4 is 9.62 Å². The second kappa shape index (κ2) is 14.3. The van der Waals surface area contributed by atoms with Gasteiger partial charge in [0.15, 0.2) is 0 Å². The zero-order chi connectivity index (χ0) is 30.2. The Morgan fingerprint density at radius 3 is 2.10 bits per heavy atom. The predicted molar refractivity (Wildman–Crippen MR) is 165 cm³/mol. The zero-order valence-corrected chi connectivity index (χ0v) is 25.9. The van der Waals surface area contributed by atoms with E-state index in [1.807, 2.05) is 64.1 Å². The predicted octanol–water partition coefficient (Wildman–Crippen LogP) is 5.96. The van der Waals surface area contributed by atoms with Crippen LogP contribution in [-0.2, 0) is 26.2 Å². The van der Waals surface area contributed by atoms with E-state index in [4.69, 9.17) is 0 Å². The highest BCUT2D eigenvalue weighted by Crippen LogP contribution is 2.27. The van der Waals surface area contributed by atoms with Gasteiger partial charge in [-0.05, 0) is 68.0 Å². The Bertz CT molecular complexity index is 1420. The van der Waals surface area contributed by atoms with Gasteiger partial charge < -0.3 is 10.2 Å². The number of sulfonamides is 1. The molecule has 0 heterocycles. The quantitative estimate of drug-likeness (QED) is 0.272. The molecule has 220 valence electrons. The fraction of sp³-hybridized carbons (Fsp3) is 0.394. The van der Waals surface area contributed by atoms with E-state index in [0.29, 0.717) is 18.7 Å². The zero-order valence-electron chi connectivity index (χ0n) is 25.1. The van der Waals surface area contributed by atoms with Gasteiger partial charge in [-0.1, -0.05) is 87.4 Å². The number of nitrogens with zero attached hydrogens (tertiary/aromatic N) is 2. The molecule has 1 atom stereocenters. The van der Waals surface area contributed by atoms with Gasteiger partial charge >= 0.3 is 0 Å². The molecule has 0 fully saturated rings. The molecule has 0 radical (unpaired) electrons. The largest absolute Gasteiger partial charge is 0.354 e. The van der Waals surface area contributed by atoms with Crippen molar-refractivity contribution in [2.24, 2.45) is 0 Å². The molecule has 3 rings (SSSR count). The summed E-state index contributed by atoms with van der Waals surface area (Å²) in [7, 11) is -4.09. The highest BCUT2D eigenvalue weighted by atomic mass is 32.2. The molecule has 0 aliphatic heterocycles. The number of carbonyl (C=O) groups is 2. The lowest BCUT2D eigenvalue weighted by atomic mass is 10.0. The van der Waals surface area contributed by atoms with Gasteiger partial charge in [0.2, 0.25) is 11.8 Å². The van der Waals surface area contributed by atoms with Crippen LogP contribution in [0.4, 0.5) is 5.69 Å². The van der Waals surface area contributed by atoms with Crippen LogP contribution in [0.15, 0.2) is 77.7 Å². The van der Waals surface area contributed by atoms with Crippen molar-refractivity contribution >= 4 is 27.5 Å². The van der Waals surface area contributed by atoms with Gasteiger partial charge in [0.25, 0.3) is 10.0 Å². The number of aryl methyl sites for hydroxylation is 2. The van der Waals surface area contributed by atoms with Crippen molar-refractivity contribution in [2.75, 3.05) is 17.4 Å². The van der Waals surface area contributed by atoms with E-state index >= 15 is 0 Å². The summed E-state index contributed by atoms with van der Waals surface area (Å²) in [6, 6.07) is 20.9. The van der Waals surface area contributed by atoms with E-state index in [1.165, 1.54) is 4.90 Å². The first-order valence-corrected chi connectivity index (χ1v) is 15.7. The van der Waals surface area contributed by atoms with Crippen molar-refractivity contribution in [1.29, 1.82) is 0 Å². The summed E-state index contributed by atoms with van der Waals surface area (Å²) in [5.41, 5.74) is 4.29. The van der Waals surface area contributed by atoms with E-state index in [-0.39, 0.29) is 23.3 Å². The average molecular weight is 578 g/mol. The van der Waals surface area contributed by atoms with Crippen LogP contribution in [0.1, 0.15) is 68.7 Å². The maximum absolute atomic E-state index is 14.1.